The molecule has 0 aromatic heterocycles. The standard InChI is InChI=1S/C10H17Br3O2/c1-8(7-11)4-9(12,13)6-10(5-8,14-2)15-3/h4-7H2,1-3H3. The molecule has 2 nitrogen and oxygen atoms in total. The molecule has 1 saturated carbocycles. The third-order valence-corrected chi connectivity index (χ3v) is 5.45. The molecular weight excluding hydrogens is 392 g/mol. The Labute approximate surface area is 117 Å². The smallest absolute Gasteiger partial charge is 0.170 e. The van der Waals surface area contributed by atoms with Gasteiger partial charge in [-0.05, 0) is 11.8 Å². The molecule has 1 aliphatic carbocycles. The number of hydrogen-bond donors (Lipinski definition) is 0. The first kappa shape index (κ1) is 14.4. The van der Waals surface area contributed by atoms with Gasteiger partial charge in [0.05, 0.1) is 3.23 Å². The molecule has 0 bridgehead atoms. The minimum Gasteiger partial charge on any atom is -0.353 e. The summed E-state index contributed by atoms with van der Waals surface area (Å²) in [6.45, 7) is 2.24. The number of halogens is 3. The Morgan fingerprint density at radius 3 is 2.00 bits per heavy atom. The second-order valence-corrected chi connectivity index (χ2v) is 9.31. The Morgan fingerprint density at radius 2 is 1.60 bits per heavy atom. The van der Waals surface area contributed by atoms with Crippen LogP contribution in [0.4, 0.5) is 0 Å². The van der Waals surface area contributed by atoms with Crippen LogP contribution in [-0.4, -0.2) is 28.6 Å². The van der Waals surface area contributed by atoms with E-state index in [9.17, 15) is 0 Å². The highest BCUT2D eigenvalue weighted by atomic mass is 79.9. The summed E-state index contributed by atoms with van der Waals surface area (Å²) < 4.78 is 11.0. The van der Waals surface area contributed by atoms with Gasteiger partial charge in [-0.25, -0.2) is 0 Å². The Hall–Kier alpha value is 1.36. The molecule has 1 aliphatic rings. The normalized spacial score (nSPS) is 34.0. The topological polar surface area (TPSA) is 18.5 Å². The zero-order chi connectivity index (χ0) is 11.7. The maximum absolute atomic E-state index is 5.56. The summed E-state index contributed by atoms with van der Waals surface area (Å²) in [7, 11) is 3.42. The van der Waals surface area contributed by atoms with Crippen molar-refractivity contribution in [2.45, 2.75) is 35.2 Å². The largest absolute Gasteiger partial charge is 0.353 e. The molecule has 0 saturated heterocycles. The molecule has 1 fully saturated rings. The van der Waals surface area contributed by atoms with Gasteiger partial charge in [0.25, 0.3) is 0 Å². The number of hydrogen-bond acceptors (Lipinski definition) is 2. The van der Waals surface area contributed by atoms with Crippen molar-refractivity contribution >= 4 is 47.8 Å². The van der Waals surface area contributed by atoms with Crippen LogP contribution < -0.4 is 0 Å². The van der Waals surface area contributed by atoms with Crippen molar-refractivity contribution < 1.29 is 9.47 Å². The fraction of sp³-hybridized carbons (Fsp3) is 1.00. The average molecular weight is 409 g/mol. The maximum atomic E-state index is 5.56. The highest BCUT2D eigenvalue weighted by Gasteiger charge is 2.51. The molecule has 0 aromatic rings. The van der Waals surface area contributed by atoms with E-state index in [1.54, 1.807) is 14.2 Å². The van der Waals surface area contributed by atoms with E-state index in [-0.39, 0.29) is 8.65 Å². The number of alkyl halides is 3. The fourth-order valence-corrected chi connectivity index (χ4v) is 4.93. The quantitative estimate of drug-likeness (QED) is 0.518. The third kappa shape index (κ3) is 3.41. The van der Waals surface area contributed by atoms with Gasteiger partial charge in [-0.2, -0.15) is 0 Å². The van der Waals surface area contributed by atoms with Crippen molar-refractivity contribution in [1.29, 1.82) is 0 Å². The minimum absolute atomic E-state index is 0.104. The predicted molar refractivity (Wildman–Crippen MR) is 73.1 cm³/mol. The van der Waals surface area contributed by atoms with Crippen LogP contribution in [0.15, 0.2) is 0 Å². The van der Waals surface area contributed by atoms with Crippen LogP contribution >= 0.6 is 47.8 Å². The van der Waals surface area contributed by atoms with Gasteiger partial charge in [-0.15, -0.1) is 0 Å². The Morgan fingerprint density at radius 1 is 1.07 bits per heavy atom. The highest BCUT2D eigenvalue weighted by Crippen LogP contribution is 2.54. The van der Waals surface area contributed by atoms with Crippen molar-refractivity contribution in [1.82, 2.24) is 0 Å². The van der Waals surface area contributed by atoms with E-state index in [1.165, 1.54) is 0 Å². The van der Waals surface area contributed by atoms with Crippen LogP contribution in [0.5, 0.6) is 0 Å². The van der Waals surface area contributed by atoms with E-state index < -0.39 is 5.79 Å². The summed E-state index contributed by atoms with van der Waals surface area (Å²) >= 11 is 11.0. The second-order valence-electron chi connectivity index (χ2n) is 4.65. The number of ether oxygens (including phenoxy) is 2. The van der Waals surface area contributed by atoms with Crippen LogP contribution in [0, 0.1) is 5.41 Å². The molecule has 0 spiro atoms. The number of rotatable bonds is 3. The van der Waals surface area contributed by atoms with Gasteiger partial charge in [0.15, 0.2) is 5.79 Å². The van der Waals surface area contributed by atoms with E-state index in [4.69, 9.17) is 9.47 Å². The molecule has 5 heteroatoms. The molecule has 0 aromatic carbocycles. The van der Waals surface area contributed by atoms with Crippen LogP contribution in [0.1, 0.15) is 26.2 Å². The van der Waals surface area contributed by atoms with Crippen molar-refractivity contribution in [3.63, 3.8) is 0 Å². The summed E-state index contributed by atoms with van der Waals surface area (Å²) in [6, 6.07) is 0. The summed E-state index contributed by atoms with van der Waals surface area (Å²) in [5.74, 6) is -0.492. The zero-order valence-electron chi connectivity index (χ0n) is 9.28. The van der Waals surface area contributed by atoms with Gasteiger partial charge < -0.3 is 9.47 Å². The van der Waals surface area contributed by atoms with Crippen molar-refractivity contribution in [2.24, 2.45) is 5.41 Å². The maximum Gasteiger partial charge on any atom is 0.170 e. The van der Waals surface area contributed by atoms with E-state index >= 15 is 0 Å². The molecule has 90 valence electrons. The van der Waals surface area contributed by atoms with Crippen molar-refractivity contribution in [2.75, 3.05) is 19.5 Å². The van der Waals surface area contributed by atoms with Crippen LogP contribution in [-0.2, 0) is 9.47 Å². The van der Waals surface area contributed by atoms with Gasteiger partial charge in [-0.1, -0.05) is 54.7 Å². The lowest BCUT2D eigenvalue weighted by Gasteiger charge is -2.49. The van der Waals surface area contributed by atoms with Gasteiger partial charge >= 0.3 is 0 Å². The lowest BCUT2D eigenvalue weighted by atomic mass is 9.74. The summed E-state index contributed by atoms with van der Waals surface area (Å²) in [5, 5.41) is 0.938. The van der Waals surface area contributed by atoms with Gasteiger partial charge in [-0.3, -0.25) is 0 Å². The molecule has 0 aliphatic heterocycles. The molecule has 1 unspecified atom stereocenters. The lowest BCUT2D eigenvalue weighted by Crippen LogP contribution is -2.50. The second kappa shape index (κ2) is 4.92. The SMILES string of the molecule is COC1(OC)CC(Br)(Br)CC(C)(CBr)C1. The molecule has 0 amide bonds. The van der Waals surface area contributed by atoms with Crippen molar-refractivity contribution in [3.8, 4) is 0 Å². The first-order valence-electron chi connectivity index (χ1n) is 4.84. The summed E-state index contributed by atoms with van der Waals surface area (Å²) in [5.41, 5.74) is 0.164. The molecule has 0 radical (unpaired) electrons. The first-order chi connectivity index (χ1) is 6.80. The lowest BCUT2D eigenvalue weighted by molar-refractivity contribution is -0.239. The van der Waals surface area contributed by atoms with E-state index in [2.05, 4.69) is 54.7 Å². The molecule has 1 rings (SSSR count). The molecule has 0 heterocycles. The van der Waals surface area contributed by atoms with Gasteiger partial charge in [0.1, 0.15) is 0 Å². The average Bonchev–Trinajstić information content (AvgIpc) is 2.15. The summed E-state index contributed by atoms with van der Waals surface area (Å²) in [6.07, 6.45) is 2.74. The molecular formula is C10H17Br3O2. The minimum atomic E-state index is -0.492. The first-order valence-corrected chi connectivity index (χ1v) is 7.55. The van der Waals surface area contributed by atoms with Crippen LogP contribution in [0.3, 0.4) is 0 Å². The predicted octanol–water partition coefficient (Wildman–Crippen LogP) is 4.05. The number of methoxy groups -OCH3 is 2. The third-order valence-electron chi connectivity index (χ3n) is 2.98. The molecule has 15 heavy (non-hydrogen) atoms. The Balaban J connectivity index is 2.94. The Kier molecular flexibility index (Phi) is 4.73. The summed E-state index contributed by atoms with van der Waals surface area (Å²) in [4.78, 5) is 0. The van der Waals surface area contributed by atoms with Gasteiger partial charge in [0, 0.05) is 32.4 Å². The van der Waals surface area contributed by atoms with Crippen LogP contribution in [0.25, 0.3) is 0 Å². The molecule has 1 atom stereocenters. The highest BCUT2D eigenvalue weighted by molar-refractivity contribution is 9.25. The van der Waals surface area contributed by atoms with Crippen molar-refractivity contribution in [3.05, 3.63) is 0 Å². The van der Waals surface area contributed by atoms with E-state index in [0.717, 1.165) is 24.6 Å². The van der Waals surface area contributed by atoms with E-state index in [1.807, 2.05) is 0 Å². The molecule has 0 N–H and O–H groups in total. The Bertz CT molecular complexity index is 229. The van der Waals surface area contributed by atoms with Gasteiger partial charge in [0.2, 0.25) is 0 Å². The van der Waals surface area contributed by atoms with E-state index in [0.29, 0.717) is 0 Å². The fourth-order valence-electron chi connectivity index (χ4n) is 2.32. The van der Waals surface area contributed by atoms with Crippen LogP contribution in [0.2, 0.25) is 0 Å². The monoisotopic (exact) mass is 406 g/mol. The zero-order valence-corrected chi connectivity index (χ0v) is 14.0.